The molecule has 0 unspecified atom stereocenters. The molecule has 1 heterocycles. The summed E-state index contributed by atoms with van der Waals surface area (Å²) in [7, 11) is 0. The van der Waals surface area contributed by atoms with Crippen LogP contribution in [0.4, 0.5) is 11.4 Å². The summed E-state index contributed by atoms with van der Waals surface area (Å²) >= 11 is 5.19. The molecule has 0 radical (unpaired) electrons. The standard InChI is InChI=1S/C21H20N4O5S/c26-19(10-7-15-5-8-16(9-6-15)25(28)29)23-21(31)22-18-4-2-1-3-17(18)20(27)24-11-13-30-14-12-24/h1-10H,11-14H2,(H2,22,23,26,31)/b10-7+. The number of thiocarbonyl (C=S) groups is 1. The summed E-state index contributed by atoms with van der Waals surface area (Å²) in [5.74, 6) is -0.619. The van der Waals surface area contributed by atoms with E-state index >= 15 is 0 Å². The van der Waals surface area contributed by atoms with Crippen molar-refractivity contribution >= 4 is 46.6 Å². The SMILES string of the molecule is O=C(/C=C/c1ccc([N+](=O)[O-])cc1)NC(=S)Nc1ccccc1C(=O)N1CCOCC1. The molecule has 31 heavy (non-hydrogen) atoms. The van der Waals surface area contributed by atoms with Crippen molar-refractivity contribution in [3.8, 4) is 0 Å². The van der Waals surface area contributed by atoms with Gasteiger partial charge in [0.15, 0.2) is 5.11 Å². The normalized spacial score (nSPS) is 13.6. The minimum absolute atomic E-state index is 0.0303. The predicted molar refractivity (Wildman–Crippen MR) is 120 cm³/mol. The molecule has 1 aliphatic heterocycles. The number of hydrogen-bond donors (Lipinski definition) is 2. The van der Waals surface area contributed by atoms with Crippen molar-refractivity contribution in [2.24, 2.45) is 0 Å². The summed E-state index contributed by atoms with van der Waals surface area (Å²) in [5.41, 5.74) is 1.53. The lowest BCUT2D eigenvalue weighted by Gasteiger charge is -2.27. The molecule has 10 heteroatoms. The summed E-state index contributed by atoms with van der Waals surface area (Å²) in [5, 5.41) is 16.1. The molecule has 2 aromatic rings. The van der Waals surface area contributed by atoms with E-state index in [9.17, 15) is 19.7 Å². The number of carbonyl (C=O) groups is 2. The average Bonchev–Trinajstić information content (AvgIpc) is 2.78. The first-order valence-electron chi connectivity index (χ1n) is 9.44. The first kappa shape index (κ1) is 22.1. The molecule has 1 fully saturated rings. The van der Waals surface area contributed by atoms with E-state index in [1.807, 2.05) is 0 Å². The van der Waals surface area contributed by atoms with Gasteiger partial charge in [0, 0.05) is 31.3 Å². The number of nitro benzene ring substituents is 1. The topological polar surface area (TPSA) is 114 Å². The van der Waals surface area contributed by atoms with Crippen LogP contribution in [0.1, 0.15) is 15.9 Å². The molecule has 1 saturated heterocycles. The van der Waals surface area contributed by atoms with E-state index in [-0.39, 0.29) is 16.7 Å². The van der Waals surface area contributed by atoms with Gasteiger partial charge in [-0.05, 0) is 48.1 Å². The zero-order valence-corrected chi connectivity index (χ0v) is 17.3. The van der Waals surface area contributed by atoms with Gasteiger partial charge in [0.2, 0.25) is 5.91 Å². The Balaban J connectivity index is 1.59. The fourth-order valence-electron chi connectivity index (χ4n) is 2.90. The highest BCUT2D eigenvalue weighted by Crippen LogP contribution is 2.18. The average molecular weight is 440 g/mol. The molecule has 2 aromatic carbocycles. The Hall–Kier alpha value is -3.63. The minimum atomic E-state index is -0.494. The van der Waals surface area contributed by atoms with E-state index < -0.39 is 10.8 Å². The summed E-state index contributed by atoms with van der Waals surface area (Å²) in [6.07, 6.45) is 2.78. The smallest absolute Gasteiger partial charge is 0.269 e. The molecular weight excluding hydrogens is 420 g/mol. The Morgan fingerprint density at radius 2 is 1.77 bits per heavy atom. The van der Waals surface area contributed by atoms with Crippen molar-refractivity contribution in [2.75, 3.05) is 31.6 Å². The maximum absolute atomic E-state index is 12.8. The van der Waals surface area contributed by atoms with Gasteiger partial charge in [-0.3, -0.25) is 25.0 Å². The van der Waals surface area contributed by atoms with Crippen LogP contribution in [0.3, 0.4) is 0 Å². The zero-order chi connectivity index (χ0) is 22.2. The molecule has 0 spiro atoms. The van der Waals surface area contributed by atoms with Crippen molar-refractivity contribution in [3.63, 3.8) is 0 Å². The molecule has 0 atom stereocenters. The number of nitrogens with zero attached hydrogens (tertiary/aromatic N) is 2. The number of carbonyl (C=O) groups excluding carboxylic acids is 2. The van der Waals surface area contributed by atoms with Crippen molar-refractivity contribution in [2.45, 2.75) is 0 Å². The van der Waals surface area contributed by atoms with Gasteiger partial charge in [-0.1, -0.05) is 12.1 Å². The number of hydrogen-bond acceptors (Lipinski definition) is 6. The molecule has 0 aliphatic carbocycles. The van der Waals surface area contributed by atoms with Gasteiger partial charge in [0.05, 0.1) is 29.4 Å². The lowest BCUT2D eigenvalue weighted by Crippen LogP contribution is -2.41. The van der Waals surface area contributed by atoms with Crippen LogP contribution in [0.15, 0.2) is 54.6 Å². The van der Waals surface area contributed by atoms with Crippen LogP contribution in [-0.2, 0) is 9.53 Å². The van der Waals surface area contributed by atoms with Gasteiger partial charge in [-0.2, -0.15) is 0 Å². The number of ether oxygens (including phenoxy) is 1. The zero-order valence-electron chi connectivity index (χ0n) is 16.4. The lowest BCUT2D eigenvalue weighted by molar-refractivity contribution is -0.384. The maximum Gasteiger partial charge on any atom is 0.269 e. The summed E-state index contributed by atoms with van der Waals surface area (Å²) in [6.45, 7) is 2.03. The second-order valence-corrected chi connectivity index (χ2v) is 6.98. The Labute approximate surface area is 183 Å². The number of nitrogens with one attached hydrogen (secondary N) is 2. The first-order valence-corrected chi connectivity index (χ1v) is 9.85. The Morgan fingerprint density at radius 1 is 1.10 bits per heavy atom. The summed E-state index contributed by atoms with van der Waals surface area (Å²) < 4.78 is 5.28. The van der Waals surface area contributed by atoms with Gasteiger partial charge in [0.1, 0.15) is 0 Å². The highest BCUT2D eigenvalue weighted by atomic mass is 32.1. The number of benzene rings is 2. The predicted octanol–water partition coefficient (Wildman–Crippen LogP) is 2.59. The highest BCUT2D eigenvalue weighted by Gasteiger charge is 2.21. The van der Waals surface area contributed by atoms with Crippen molar-refractivity contribution in [3.05, 3.63) is 75.8 Å². The summed E-state index contributed by atoms with van der Waals surface area (Å²) in [6, 6.07) is 12.7. The third-order valence-electron chi connectivity index (χ3n) is 4.47. The molecule has 1 aliphatic rings. The van der Waals surface area contributed by atoms with Crippen LogP contribution in [0, 0.1) is 10.1 Å². The maximum atomic E-state index is 12.8. The summed E-state index contributed by atoms with van der Waals surface area (Å²) in [4.78, 5) is 36.8. The first-order chi connectivity index (χ1) is 14.9. The van der Waals surface area contributed by atoms with E-state index in [4.69, 9.17) is 17.0 Å². The van der Waals surface area contributed by atoms with Gasteiger partial charge in [-0.15, -0.1) is 0 Å². The fraction of sp³-hybridized carbons (Fsp3) is 0.190. The molecular formula is C21H20N4O5S. The highest BCUT2D eigenvalue weighted by molar-refractivity contribution is 7.80. The van der Waals surface area contributed by atoms with E-state index in [0.717, 1.165) is 0 Å². The van der Waals surface area contributed by atoms with Gasteiger partial charge in [0.25, 0.3) is 11.6 Å². The molecule has 0 bridgehead atoms. The Bertz CT molecular complexity index is 1020. The van der Waals surface area contributed by atoms with Crippen molar-refractivity contribution < 1.29 is 19.2 Å². The van der Waals surface area contributed by atoms with Crippen molar-refractivity contribution in [1.82, 2.24) is 10.2 Å². The second-order valence-electron chi connectivity index (χ2n) is 6.58. The van der Waals surface area contributed by atoms with E-state index in [1.165, 1.54) is 36.4 Å². The largest absolute Gasteiger partial charge is 0.378 e. The van der Waals surface area contributed by atoms with Gasteiger partial charge < -0.3 is 15.0 Å². The fourth-order valence-corrected chi connectivity index (χ4v) is 3.11. The quantitative estimate of drug-likeness (QED) is 0.318. The number of morpholine rings is 1. The Kier molecular flexibility index (Phi) is 7.41. The molecule has 2 N–H and O–H groups in total. The molecule has 9 nitrogen and oxygen atoms in total. The van der Waals surface area contributed by atoms with Gasteiger partial charge in [-0.25, -0.2) is 0 Å². The number of nitro groups is 1. The van der Waals surface area contributed by atoms with E-state index in [1.54, 1.807) is 29.2 Å². The van der Waals surface area contributed by atoms with Crippen molar-refractivity contribution in [1.29, 1.82) is 0 Å². The van der Waals surface area contributed by atoms with Crippen LogP contribution in [0.2, 0.25) is 0 Å². The van der Waals surface area contributed by atoms with E-state index in [2.05, 4.69) is 10.6 Å². The molecule has 3 rings (SSSR count). The number of rotatable bonds is 5. The molecule has 2 amide bonds. The van der Waals surface area contributed by atoms with Crippen LogP contribution >= 0.6 is 12.2 Å². The van der Waals surface area contributed by atoms with Crippen LogP contribution < -0.4 is 10.6 Å². The third-order valence-corrected chi connectivity index (χ3v) is 4.68. The lowest BCUT2D eigenvalue weighted by atomic mass is 10.1. The number of para-hydroxylation sites is 1. The minimum Gasteiger partial charge on any atom is -0.378 e. The van der Waals surface area contributed by atoms with Crippen LogP contribution in [0.25, 0.3) is 6.08 Å². The van der Waals surface area contributed by atoms with Crippen LogP contribution in [0.5, 0.6) is 0 Å². The Morgan fingerprint density at radius 3 is 2.45 bits per heavy atom. The molecule has 160 valence electrons. The number of anilines is 1. The number of non-ortho nitro benzene ring substituents is 1. The van der Waals surface area contributed by atoms with Crippen LogP contribution in [-0.4, -0.2) is 53.1 Å². The monoisotopic (exact) mass is 440 g/mol. The molecule has 0 aromatic heterocycles. The van der Waals surface area contributed by atoms with Gasteiger partial charge >= 0.3 is 0 Å². The number of amides is 2. The molecule has 0 saturated carbocycles. The third kappa shape index (κ3) is 6.17. The second kappa shape index (κ2) is 10.4. The van der Waals surface area contributed by atoms with E-state index in [0.29, 0.717) is 43.1 Å².